The minimum Gasteiger partial charge on any atom is -0.497 e. The molecule has 2 heterocycles. The first-order valence-electron chi connectivity index (χ1n) is 11.8. The van der Waals surface area contributed by atoms with Crippen LogP contribution in [0.4, 0.5) is 5.69 Å². The minimum absolute atomic E-state index is 0.165. The number of nitrogens with zero attached hydrogens (tertiary/aromatic N) is 5. The van der Waals surface area contributed by atoms with Crippen molar-refractivity contribution in [3.63, 3.8) is 0 Å². The van der Waals surface area contributed by atoms with Crippen LogP contribution in [0.2, 0.25) is 0 Å². The average molecular weight is 478 g/mol. The van der Waals surface area contributed by atoms with Crippen molar-refractivity contribution >= 4 is 11.6 Å². The Balaban J connectivity index is 1.48. The molecule has 3 aromatic carbocycles. The molecule has 0 bridgehead atoms. The Bertz CT molecular complexity index is 1450. The number of rotatable bonds is 6. The summed E-state index contributed by atoms with van der Waals surface area (Å²) in [6.07, 6.45) is 0.563. The zero-order valence-electron chi connectivity index (χ0n) is 20.6. The predicted molar refractivity (Wildman–Crippen MR) is 139 cm³/mol. The average Bonchev–Trinajstić information content (AvgIpc) is 3.29. The summed E-state index contributed by atoms with van der Waals surface area (Å²) >= 11 is 0. The van der Waals surface area contributed by atoms with E-state index in [2.05, 4.69) is 60.5 Å². The fraction of sp³-hybridized carbons (Fsp3) is 0.207. The number of hydrogen-bond donors (Lipinski definition) is 0. The van der Waals surface area contributed by atoms with E-state index < -0.39 is 0 Å². The standard InChI is InChI=1S/C29H27N5O2/c1-32(2)19-21-6-4-5-7-25(21)20-8-10-22(11-9-20)33-17-16-26-27(18-30)31-34(28(26)29(33)35)23-12-14-24(36-3)15-13-23/h4-15H,16-17,19H2,1-3H3. The van der Waals surface area contributed by atoms with E-state index in [0.29, 0.717) is 41.4 Å². The lowest BCUT2D eigenvalue weighted by atomic mass is 9.98. The van der Waals surface area contributed by atoms with Gasteiger partial charge in [0.05, 0.1) is 12.8 Å². The van der Waals surface area contributed by atoms with Crippen molar-refractivity contribution in [2.75, 3.05) is 32.6 Å². The van der Waals surface area contributed by atoms with Crippen LogP contribution in [-0.4, -0.2) is 48.3 Å². The summed E-state index contributed by atoms with van der Waals surface area (Å²) in [6.45, 7) is 1.34. The van der Waals surface area contributed by atoms with E-state index in [9.17, 15) is 10.1 Å². The molecule has 1 amide bonds. The minimum atomic E-state index is -0.165. The normalized spacial score (nSPS) is 13.0. The lowest BCUT2D eigenvalue weighted by Crippen LogP contribution is -2.38. The van der Waals surface area contributed by atoms with Crippen LogP contribution in [0.15, 0.2) is 72.8 Å². The Morgan fingerprint density at radius 3 is 2.36 bits per heavy atom. The molecule has 0 spiro atoms. The quantitative estimate of drug-likeness (QED) is 0.403. The van der Waals surface area contributed by atoms with Gasteiger partial charge < -0.3 is 14.5 Å². The van der Waals surface area contributed by atoms with Crippen LogP contribution in [-0.2, 0) is 13.0 Å². The van der Waals surface area contributed by atoms with Gasteiger partial charge in [0.2, 0.25) is 0 Å². The van der Waals surface area contributed by atoms with Gasteiger partial charge in [0.1, 0.15) is 17.5 Å². The van der Waals surface area contributed by atoms with E-state index in [1.807, 2.05) is 42.5 Å². The Morgan fingerprint density at radius 1 is 1.00 bits per heavy atom. The van der Waals surface area contributed by atoms with Crippen molar-refractivity contribution in [2.45, 2.75) is 13.0 Å². The van der Waals surface area contributed by atoms with Crippen molar-refractivity contribution in [2.24, 2.45) is 0 Å². The summed E-state index contributed by atoms with van der Waals surface area (Å²) in [5, 5.41) is 14.1. The zero-order valence-corrected chi connectivity index (χ0v) is 20.6. The Morgan fingerprint density at radius 2 is 1.69 bits per heavy atom. The van der Waals surface area contributed by atoms with E-state index in [4.69, 9.17) is 4.74 Å². The van der Waals surface area contributed by atoms with E-state index in [0.717, 1.165) is 17.8 Å². The topological polar surface area (TPSA) is 74.4 Å². The molecule has 5 rings (SSSR count). The molecule has 7 nitrogen and oxygen atoms in total. The third-order valence-corrected chi connectivity index (χ3v) is 6.43. The second-order valence-electron chi connectivity index (χ2n) is 9.05. The van der Waals surface area contributed by atoms with Crippen LogP contribution >= 0.6 is 0 Å². The fourth-order valence-electron chi connectivity index (χ4n) is 4.71. The zero-order chi connectivity index (χ0) is 25.2. The highest BCUT2D eigenvalue weighted by molar-refractivity contribution is 6.07. The monoisotopic (exact) mass is 477 g/mol. The van der Waals surface area contributed by atoms with Crippen molar-refractivity contribution < 1.29 is 9.53 Å². The number of nitriles is 1. The SMILES string of the molecule is COc1ccc(-n2nc(C#N)c3c2C(=O)N(c2ccc(-c4ccccc4CN(C)C)cc2)CC3)cc1. The number of amides is 1. The molecule has 1 aliphatic rings. The molecule has 0 aliphatic carbocycles. The molecule has 0 unspecified atom stereocenters. The molecular weight excluding hydrogens is 450 g/mol. The van der Waals surface area contributed by atoms with Gasteiger partial charge >= 0.3 is 0 Å². The summed E-state index contributed by atoms with van der Waals surface area (Å²) in [5.41, 5.74) is 6.49. The Hall–Kier alpha value is -4.41. The molecule has 0 atom stereocenters. The molecule has 0 radical (unpaired) electrons. The summed E-state index contributed by atoms with van der Waals surface area (Å²) in [4.78, 5) is 17.6. The van der Waals surface area contributed by atoms with Gasteiger partial charge in [0, 0.05) is 24.3 Å². The van der Waals surface area contributed by atoms with Crippen LogP contribution < -0.4 is 9.64 Å². The molecule has 0 saturated heterocycles. The van der Waals surface area contributed by atoms with E-state index in [-0.39, 0.29) is 5.91 Å². The van der Waals surface area contributed by atoms with Crippen molar-refractivity contribution in [1.82, 2.24) is 14.7 Å². The maximum absolute atomic E-state index is 13.7. The molecule has 1 aliphatic heterocycles. The number of benzene rings is 3. The molecule has 4 aromatic rings. The van der Waals surface area contributed by atoms with E-state index in [1.54, 1.807) is 16.7 Å². The van der Waals surface area contributed by atoms with Gasteiger partial charge in [-0.15, -0.1) is 0 Å². The van der Waals surface area contributed by atoms with Gasteiger partial charge in [-0.25, -0.2) is 4.68 Å². The van der Waals surface area contributed by atoms with Crippen molar-refractivity contribution in [1.29, 1.82) is 5.26 Å². The van der Waals surface area contributed by atoms with Crippen LogP contribution in [0.1, 0.15) is 27.3 Å². The summed E-state index contributed by atoms with van der Waals surface area (Å²) in [7, 11) is 5.72. The van der Waals surface area contributed by atoms with Gasteiger partial charge in [0.25, 0.3) is 5.91 Å². The number of fused-ring (bicyclic) bond motifs is 1. The number of ether oxygens (including phenoxy) is 1. The molecule has 0 fully saturated rings. The summed E-state index contributed by atoms with van der Waals surface area (Å²) in [5.74, 6) is 0.544. The Kier molecular flexibility index (Phi) is 6.28. The van der Waals surface area contributed by atoms with Crippen LogP contribution in [0.5, 0.6) is 5.75 Å². The van der Waals surface area contributed by atoms with E-state index >= 15 is 0 Å². The predicted octanol–water partition coefficient (Wildman–Crippen LogP) is 4.68. The maximum atomic E-state index is 13.7. The first kappa shape index (κ1) is 23.3. The molecule has 0 saturated carbocycles. The molecule has 36 heavy (non-hydrogen) atoms. The first-order valence-corrected chi connectivity index (χ1v) is 11.8. The largest absolute Gasteiger partial charge is 0.497 e. The number of hydrogen-bond acceptors (Lipinski definition) is 5. The van der Waals surface area contributed by atoms with Crippen molar-refractivity contribution in [3.8, 4) is 28.6 Å². The van der Waals surface area contributed by atoms with Gasteiger partial charge in [-0.3, -0.25) is 4.79 Å². The first-order chi connectivity index (χ1) is 17.5. The highest BCUT2D eigenvalue weighted by Gasteiger charge is 2.33. The number of aromatic nitrogens is 2. The second-order valence-corrected chi connectivity index (χ2v) is 9.05. The smallest absolute Gasteiger partial charge is 0.277 e. The number of methoxy groups -OCH3 is 1. The van der Waals surface area contributed by atoms with Crippen LogP contribution in [0, 0.1) is 11.3 Å². The van der Waals surface area contributed by atoms with E-state index in [1.165, 1.54) is 11.1 Å². The molecule has 7 heteroatoms. The van der Waals surface area contributed by atoms with Gasteiger partial charge in [-0.2, -0.15) is 10.4 Å². The maximum Gasteiger partial charge on any atom is 0.277 e. The third kappa shape index (κ3) is 4.23. The lowest BCUT2D eigenvalue weighted by molar-refractivity contribution is 0.0973. The number of anilines is 1. The second kappa shape index (κ2) is 9.68. The third-order valence-electron chi connectivity index (χ3n) is 6.43. The number of carbonyl (C=O) groups is 1. The van der Waals surface area contributed by atoms with Crippen molar-refractivity contribution in [3.05, 3.63) is 95.3 Å². The van der Waals surface area contributed by atoms with Crippen LogP contribution in [0.25, 0.3) is 16.8 Å². The molecular formula is C29H27N5O2. The lowest BCUT2D eigenvalue weighted by Gasteiger charge is -2.28. The Labute approximate surface area is 210 Å². The number of carbonyl (C=O) groups excluding carboxylic acids is 1. The van der Waals surface area contributed by atoms with Gasteiger partial charge in [0.15, 0.2) is 5.69 Å². The molecule has 0 N–H and O–H groups in total. The van der Waals surface area contributed by atoms with Gasteiger partial charge in [-0.05, 0) is 73.6 Å². The highest BCUT2D eigenvalue weighted by atomic mass is 16.5. The summed E-state index contributed by atoms with van der Waals surface area (Å²) in [6, 6.07) is 25.9. The summed E-state index contributed by atoms with van der Waals surface area (Å²) < 4.78 is 6.83. The fourth-order valence-corrected chi connectivity index (χ4v) is 4.71. The molecule has 180 valence electrons. The van der Waals surface area contributed by atoms with Gasteiger partial charge in [-0.1, -0.05) is 36.4 Å². The highest BCUT2D eigenvalue weighted by Crippen LogP contribution is 2.31. The molecule has 1 aromatic heterocycles. The van der Waals surface area contributed by atoms with Crippen LogP contribution in [0.3, 0.4) is 0 Å².